The molecule has 5 nitrogen and oxygen atoms in total. The van der Waals surface area contributed by atoms with Gasteiger partial charge >= 0.3 is 0 Å². The van der Waals surface area contributed by atoms with Crippen LogP contribution in [0.1, 0.15) is 12.0 Å². The number of hydrogen-bond acceptors (Lipinski definition) is 3. The Balaban J connectivity index is 2.63. The van der Waals surface area contributed by atoms with Gasteiger partial charge in [0.15, 0.2) is 0 Å². The number of nitrogens with two attached hydrogens (primary N) is 1. The molecule has 0 aromatic carbocycles. The number of hydrogen-bond donors (Lipinski definition) is 1. The lowest BCUT2D eigenvalue weighted by Gasteiger charge is -1.98. The first-order valence-corrected chi connectivity index (χ1v) is 4.70. The third kappa shape index (κ3) is 3.89. The fourth-order valence-corrected chi connectivity index (χ4v) is 1.15. The third-order valence-electron chi connectivity index (χ3n) is 1.64. The quantitative estimate of drug-likeness (QED) is 0.280. The van der Waals surface area contributed by atoms with Crippen LogP contribution in [0.25, 0.3) is 16.5 Å². The largest absolute Gasteiger partial charge is 0.397 e. The van der Waals surface area contributed by atoms with E-state index in [1.165, 1.54) is 6.20 Å². The van der Waals surface area contributed by atoms with Gasteiger partial charge in [-0.3, -0.25) is 0 Å². The van der Waals surface area contributed by atoms with Gasteiger partial charge in [0.2, 0.25) is 0 Å². The van der Waals surface area contributed by atoms with Crippen molar-refractivity contribution in [3.8, 4) is 0 Å². The molecular formula is C9H10ClN5. The van der Waals surface area contributed by atoms with Crippen molar-refractivity contribution in [3.05, 3.63) is 39.5 Å². The minimum absolute atomic E-state index is 0.407. The van der Waals surface area contributed by atoms with Crippen LogP contribution in [0.2, 0.25) is 5.15 Å². The zero-order valence-corrected chi connectivity index (χ0v) is 8.72. The fourth-order valence-electron chi connectivity index (χ4n) is 0.986. The van der Waals surface area contributed by atoms with Gasteiger partial charge in [0.25, 0.3) is 0 Å². The van der Waals surface area contributed by atoms with Gasteiger partial charge in [-0.2, -0.15) is 0 Å². The molecule has 15 heavy (non-hydrogen) atoms. The number of nitrogen functional groups attached to an aromatic ring is 1. The molecule has 1 heterocycles. The molecule has 0 aliphatic carbocycles. The molecule has 0 spiro atoms. The lowest BCUT2D eigenvalue weighted by Crippen LogP contribution is -1.88. The molecule has 1 aromatic heterocycles. The first kappa shape index (κ1) is 11.4. The van der Waals surface area contributed by atoms with Crippen LogP contribution in [-0.2, 0) is 0 Å². The van der Waals surface area contributed by atoms with Crippen LogP contribution in [0.15, 0.2) is 23.5 Å². The minimum Gasteiger partial charge on any atom is -0.397 e. The summed E-state index contributed by atoms with van der Waals surface area (Å²) < 4.78 is 0. The molecule has 0 aliphatic rings. The van der Waals surface area contributed by atoms with E-state index in [1.807, 2.05) is 6.08 Å². The van der Waals surface area contributed by atoms with Crippen LogP contribution in [0.4, 0.5) is 5.69 Å². The predicted octanol–water partition coefficient (Wildman–Crippen LogP) is 3.03. The molecule has 0 radical (unpaired) electrons. The second kappa shape index (κ2) is 5.90. The second-order valence-electron chi connectivity index (χ2n) is 2.79. The van der Waals surface area contributed by atoms with E-state index in [0.29, 0.717) is 23.8 Å². The first-order valence-electron chi connectivity index (χ1n) is 4.32. The highest BCUT2D eigenvalue weighted by atomic mass is 35.5. The summed E-state index contributed by atoms with van der Waals surface area (Å²) in [5.41, 5.74) is 14.9. The van der Waals surface area contributed by atoms with Crippen LogP contribution in [0, 0.1) is 0 Å². The standard InChI is InChI=1S/C9H10ClN5/c10-9-7(5-8(11)6-13-9)3-1-2-4-14-15-12/h1,3,5-6H,2,4,11H2. The van der Waals surface area contributed by atoms with Gasteiger partial charge < -0.3 is 5.73 Å². The van der Waals surface area contributed by atoms with E-state index in [1.54, 1.807) is 12.1 Å². The lowest BCUT2D eigenvalue weighted by atomic mass is 10.2. The highest BCUT2D eigenvalue weighted by Crippen LogP contribution is 2.17. The Hall–Kier alpha value is -1.71. The molecule has 0 atom stereocenters. The summed E-state index contributed by atoms with van der Waals surface area (Å²) in [6.45, 7) is 0.431. The summed E-state index contributed by atoms with van der Waals surface area (Å²) in [5.74, 6) is 0. The Kier molecular flexibility index (Phi) is 4.47. The SMILES string of the molecule is [N-]=[N+]=NCCC=Cc1cc(N)cnc1Cl. The highest BCUT2D eigenvalue weighted by molar-refractivity contribution is 6.30. The van der Waals surface area contributed by atoms with Gasteiger partial charge in [-0.1, -0.05) is 28.9 Å². The van der Waals surface area contributed by atoms with Crippen molar-refractivity contribution < 1.29 is 0 Å². The van der Waals surface area contributed by atoms with E-state index in [0.717, 1.165) is 5.56 Å². The molecule has 0 bridgehead atoms. The Morgan fingerprint density at radius 3 is 3.20 bits per heavy atom. The van der Waals surface area contributed by atoms with Crippen molar-refractivity contribution in [1.82, 2.24) is 4.98 Å². The summed E-state index contributed by atoms with van der Waals surface area (Å²) in [5, 5.41) is 3.81. The van der Waals surface area contributed by atoms with E-state index in [9.17, 15) is 0 Å². The monoisotopic (exact) mass is 223 g/mol. The van der Waals surface area contributed by atoms with Crippen LogP contribution >= 0.6 is 11.6 Å². The normalized spacial score (nSPS) is 10.2. The third-order valence-corrected chi connectivity index (χ3v) is 1.96. The van der Waals surface area contributed by atoms with Crippen molar-refractivity contribution >= 4 is 23.4 Å². The number of aromatic nitrogens is 1. The minimum atomic E-state index is 0.407. The summed E-state index contributed by atoms with van der Waals surface area (Å²) >= 11 is 5.84. The highest BCUT2D eigenvalue weighted by Gasteiger charge is 1.97. The molecule has 0 aliphatic heterocycles. The van der Waals surface area contributed by atoms with E-state index < -0.39 is 0 Å². The maximum absolute atomic E-state index is 8.05. The summed E-state index contributed by atoms with van der Waals surface area (Å²) in [6, 6.07) is 1.74. The molecule has 1 rings (SSSR count). The molecule has 0 amide bonds. The average Bonchev–Trinajstić information content (AvgIpc) is 2.23. The van der Waals surface area contributed by atoms with Gasteiger partial charge in [-0.05, 0) is 18.0 Å². The van der Waals surface area contributed by atoms with Crippen molar-refractivity contribution in [3.63, 3.8) is 0 Å². The zero-order chi connectivity index (χ0) is 11.1. The summed E-state index contributed by atoms with van der Waals surface area (Å²) in [7, 11) is 0. The Bertz CT molecular complexity index is 409. The Morgan fingerprint density at radius 2 is 2.47 bits per heavy atom. The van der Waals surface area contributed by atoms with Gasteiger partial charge in [0, 0.05) is 17.0 Å². The van der Waals surface area contributed by atoms with Gasteiger partial charge in [0.1, 0.15) is 5.15 Å². The molecule has 0 saturated heterocycles. The molecule has 0 fully saturated rings. The van der Waals surface area contributed by atoms with E-state index >= 15 is 0 Å². The maximum atomic E-state index is 8.05. The zero-order valence-electron chi connectivity index (χ0n) is 7.97. The van der Waals surface area contributed by atoms with Gasteiger partial charge in [-0.15, -0.1) is 0 Å². The molecule has 0 saturated carbocycles. The molecule has 1 aromatic rings. The molecular weight excluding hydrogens is 214 g/mol. The number of nitrogens with zero attached hydrogens (tertiary/aromatic N) is 4. The van der Waals surface area contributed by atoms with Gasteiger partial charge in [-0.25, -0.2) is 4.98 Å². The van der Waals surface area contributed by atoms with Crippen molar-refractivity contribution in [1.29, 1.82) is 0 Å². The van der Waals surface area contributed by atoms with Crippen LogP contribution in [0.3, 0.4) is 0 Å². The number of halogens is 1. The number of pyridine rings is 1. The maximum Gasteiger partial charge on any atom is 0.136 e. The molecule has 6 heteroatoms. The predicted molar refractivity (Wildman–Crippen MR) is 61.3 cm³/mol. The lowest BCUT2D eigenvalue weighted by molar-refractivity contribution is 0.995. The second-order valence-corrected chi connectivity index (χ2v) is 3.15. The Morgan fingerprint density at radius 1 is 1.67 bits per heavy atom. The first-order chi connectivity index (χ1) is 7.24. The van der Waals surface area contributed by atoms with Crippen LogP contribution in [0.5, 0.6) is 0 Å². The van der Waals surface area contributed by atoms with Crippen molar-refractivity contribution in [2.45, 2.75) is 6.42 Å². The smallest absolute Gasteiger partial charge is 0.136 e. The summed E-state index contributed by atoms with van der Waals surface area (Å²) in [4.78, 5) is 6.55. The fraction of sp³-hybridized carbons (Fsp3) is 0.222. The molecule has 0 unspecified atom stereocenters. The van der Waals surface area contributed by atoms with Crippen LogP contribution < -0.4 is 5.73 Å². The number of azide groups is 1. The number of anilines is 1. The Labute approximate surface area is 92.2 Å². The van der Waals surface area contributed by atoms with Crippen molar-refractivity contribution in [2.24, 2.45) is 5.11 Å². The van der Waals surface area contributed by atoms with E-state index in [-0.39, 0.29) is 0 Å². The topological polar surface area (TPSA) is 87.7 Å². The average molecular weight is 224 g/mol. The molecule has 78 valence electrons. The van der Waals surface area contributed by atoms with E-state index in [4.69, 9.17) is 22.9 Å². The summed E-state index contributed by atoms with van der Waals surface area (Å²) in [6.07, 6.45) is 5.82. The number of rotatable bonds is 4. The van der Waals surface area contributed by atoms with E-state index in [2.05, 4.69) is 15.0 Å². The molecule has 2 N–H and O–H groups in total. The van der Waals surface area contributed by atoms with Crippen molar-refractivity contribution in [2.75, 3.05) is 12.3 Å². The van der Waals surface area contributed by atoms with Crippen LogP contribution in [-0.4, -0.2) is 11.5 Å². The van der Waals surface area contributed by atoms with Gasteiger partial charge in [0.05, 0.1) is 11.9 Å².